The summed E-state index contributed by atoms with van der Waals surface area (Å²) in [4.78, 5) is 4.34. The van der Waals surface area contributed by atoms with Gasteiger partial charge in [0.15, 0.2) is 0 Å². The molecule has 0 saturated carbocycles. The van der Waals surface area contributed by atoms with Crippen LogP contribution in [0.3, 0.4) is 0 Å². The number of nitrogens with zero attached hydrogens (tertiary/aromatic N) is 1. The van der Waals surface area contributed by atoms with Gasteiger partial charge in [-0.1, -0.05) is 13.8 Å². The number of nitrogens with two attached hydrogens (primary N) is 1. The monoisotopic (exact) mass is 366 g/mol. The van der Waals surface area contributed by atoms with Gasteiger partial charge < -0.3 is 5.73 Å². The van der Waals surface area contributed by atoms with E-state index in [1.54, 1.807) is 0 Å². The highest BCUT2D eigenvalue weighted by Gasteiger charge is 2.02. The molecule has 1 aromatic carbocycles. The molecule has 0 saturated heterocycles. The Kier molecular flexibility index (Phi) is 4.37. The fourth-order valence-electron chi connectivity index (χ4n) is 0.840. The molecule has 4 heteroatoms. The van der Waals surface area contributed by atoms with Crippen LogP contribution in [0.4, 0.5) is 5.69 Å². The second-order valence-electron chi connectivity index (χ2n) is 3.29. The maximum Gasteiger partial charge on any atom is 0.102 e. The van der Waals surface area contributed by atoms with Crippen LogP contribution in [0, 0.1) is 9.49 Å². The van der Waals surface area contributed by atoms with Gasteiger partial charge in [0.2, 0.25) is 0 Å². The summed E-state index contributed by atoms with van der Waals surface area (Å²) in [5, 5.41) is 0. The predicted molar refractivity (Wildman–Crippen MR) is 73.0 cm³/mol. The van der Waals surface area contributed by atoms with E-state index in [9.17, 15) is 0 Å². The van der Waals surface area contributed by atoms with Crippen LogP contribution in [-0.2, 0) is 0 Å². The average Bonchev–Trinajstić information content (AvgIpc) is 2.09. The molecule has 0 aliphatic heterocycles. The first kappa shape index (κ1) is 12.0. The van der Waals surface area contributed by atoms with Crippen molar-refractivity contribution in [3.8, 4) is 0 Å². The zero-order chi connectivity index (χ0) is 10.7. The van der Waals surface area contributed by atoms with Crippen LogP contribution >= 0.6 is 38.5 Å². The Morgan fingerprint density at radius 3 is 2.64 bits per heavy atom. The molecule has 0 radical (unpaired) electrons. The molecular formula is C10H12BrIN2. The lowest BCUT2D eigenvalue weighted by Gasteiger charge is -2.05. The Morgan fingerprint density at radius 1 is 1.50 bits per heavy atom. The van der Waals surface area contributed by atoms with Gasteiger partial charge in [0, 0.05) is 14.0 Å². The highest BCUT2D eigenvalue weighted by Crippen LogP contribution is 2.27. The van der Waals surface area contributed by atoms with E-state index in [-0.39, 0.29) is 5.92 Å². The normalized spacial score (nSPS) is 12.2. The van der Waals surface area contributed by atoms with Crippen LogP contribution in [0.25, 0.3) is 0 Å². The number of hydrogen-bond acceptors (Lipinski definition) is 1. The molecule has 2 N–H and O–H groups in total. The zero-order valence-electron chi connectivity index (χ0n) is 8.09. The van der Waals surface area contributed by atoms with Crippen molar-refractivity contribution in [3.63, 3.8) is 0 Å². The van der Waals surface area contributed by atoms with Crippen molar-refractivity contribution >= 4 is 50.0 Å². The molecule has 0 bridgehead atoms. The van der Waals surface area contributed by atoms with Gasteiger partial charge in [0.05, 0.1) is 5.69 Å². The number of amidine groups is 1. The number of hydrogen-bond donors (Lipinski definition) is 1. The van der Waals surface area contributed by atoms with Crippen LogP contribution in [0.2, 0.25) is 0 Å². The minimum absolute atomic E-state index is 0.279. The molecule has 0 aliphatic carbocycles. The first-order valence-electron chi connectivity index (χ1n) is 4.30. The van der Waals surface area contributed by atoms with Crippen LogP contribution < -0.4 is 5.73 Å². The van der Waals surface area contributed by atoms with Gasteiger partial charge >= 0.3 is 0 Å². The van der Waals surface area contributed by atoms with Gasteiger partial charge in [-0.05, 0) is 56.7 Å². The molecule has 76 valence electrons. The Hall–Kier alpha value is -0.100. The van der Waals surface area contributed by atoms with E-state index in [1.165, 1.54) is 3.57 Å². The highest BCUT2D eigenvalue weighted by atomic mass is 127. The van der Waals surface area contributed by atoms with Crippen molar-refractivity contribution in [1.82, 2.24) is 0 Å². The Morgan fingerprint density at radius 2 is 2.14 bits per heavy atom. The number of aliphatic imine (C=N–C) groups is 1. The molecule has 1 aromatic rings. The summed E-state index contributed by atoms with van der Waals surface area (Å²) in [6.45, 7) is 4.05. The summed E-state index contributed by atoms with van der Waals surface area (Å²) in [6, 6.07) is 5.99. The van der Waals surface area contributed by atoms with E-state index in [4.69, 9.17) is 5.73 Å². The number of benzene rings is 1. The second kappa shape index (κ2) is 5.11. The van der Waals surface area contributed by atoms with E-state index in [1.807, 2.05) is 32.0 Å². The largest absolute Gasteiger partial charge is 0.387 e. The van der Waals surface area contributed by atoms with Gasteiger partial charge in [-0.15, -0.1) is 0 Å². The molecule has 0 aliphatic rings. The fraction of sp³-hybridized carbons (Fsp3) is 0.300. The molecule has 0 heterocycles. The Balaban J connectivity index is 3.03. The quantitative estimate of drug-likeness (QED) is 0.483. The molecule has 1 rings (SSSR count). The summed E-state index contributed by atoms with van der Waals surface area (Å²) >= 11 is 5.72. The van der Waals surface area contributed by atoms with Gasteiger partial charge in [0.25, 0.3) is 0 Å². The summed E-state index contributed by atoms with van der Waals surface area (Å²) in [6.07, 6.45) is 0. The topological polar surface area (TPSA) is 38.4 Å². The van der Waals surface area contributed by atoms with Crippen molar-refractivity contribution in [2.45, 2.75) is 13.8 Å². The van der Waals surface area contributed by atoms with Crippen LogP contribution in [0.5, 0.6) is 0 Å². The predicted octanol–water partition coefficient (Wildman–Crippen LogP) is 3.70. The van der Waals surface area contributed by atoms with E-state index in [2.05, 4.69) is 43.5 Å². The molecular weight excluding hydrogens is 355 g/mol. The van der Waals surface area contributed by atoms with Crippen molar-refractivity contribution in [2.75, 3.05) is 0 Å². The zero-order valence-corrected chi connectivity index (χ0v) is 11.8. The molecule has 0 amide bonds. The minimum atomic E-state index is 0.279. The van der Waals surface area contributed by atoms with Crippen molar-refractivity contribution in [3.05, 3.63) is 26.2 Å². The lowest BCUT2D eigenvalue weighted by molar-refractivity contribution is 0.873. The van der Waals surface area contributed by atoms with E-state index in [0.29, 0.717) is 5.84 Å². The summed E-state index contributed by atoms with van der Waals surface area (Å²) in [5.41, 5.74) is 6.67. The standard InChI is InChI=1S/C10H12BrIN2/c1-6(2)10(13)14-9-4-3-7(12)5-8(9)11/h3-6H,1-2H3,(H2,13,14). The first-order chi connectivity index (χ1) is 6.50. The van der Waals surface area contributed by atoms with Gasteiger partial charge in [0.1, 0.15) is 5.84 Å². The molecule has 0 aromatic heterocycles. The summed E-state index contributed by atoms with van der Waals surface area (Å²) < 4.78 is 2.16. The second-order valence-corrected chi connectivity index (χ2v) is 5.39. The van der Waals surface area contributed by atoms with E-state index < -0.39 is 0 Å². The van der Waals surface area contributed by atoms with Crippen LogP contribution in [-0.4, -0.2) is 5.84 Å². The van der Waals surface area contributed by atoms with Gasteiger partial charge in [-0.25, -0.2) is 4.99 Å². The lowest BCUT2D eigenvalue weighted by Crippen LogP contribution is -2.18. The van der Waals surface area contributed by atoms with Gasteiger partial charge in [-0.3, -0.25) is 0 Å². The maximum atomic E-state index is 5.78. The van der Waals surface area contributed by atoms with Crippen molar-refractivity contribution in [2.24, 2.45) is 16.6 Å². The minimum Gasteiger partial charge on any atom is -0.387 e. The molecule has 0 atom stereocenters. The highest BCUT2D eigenvalue weighted by molar-refractivity contribution is 14.1. The number of halogens is 2. The smallest absolute Gasteiger partial charge is 0.102 e. The molecule has 2 nitrogen and oxygen atoms in total. The molecule has 0 unspecified atom stereocenters. The molecule has 0 spiro atoms. The lowest BCUT2D eigenvalue weighted by atomic mass is 10.2. The Bertz CT molecular complexity index is 361. The average molecular weight is 367 g/mol. The van der Waals surface area contributed by atoms with Crippen molar-refractivity contribution in [1.29, 1.82) is 0 Å². The van der Waals surface area contributed by atoms with E-state index >= 15 is 0 Å². The maximum absolute atomic E-state index is 5.78. The van der Waals surface area contributed by atoms with Crippen LogP contribution in [0.1, 0.15) is 13.8 Å². The molecule has 14 heavy (non-hydrogen) atoms. The third-order valence-electron chi connectivity index (χ3n) is 1.75. The molecule has 0 fully saturated rings. The first-order valence-corrected chi connectivity index (χ1v) is 6.17. The fourth-order valence-corrected chi connectivity index (χ4v) is 2.23. The van der Waals surface area contributed by atoms with Crippen molar-refractivity contribution < 1.29 is 0 Å². The third-order valence-corrected chi connectivity index (χ3v) is 3.06. The Labute approximate surface area is 106 Å². The number of rotatable bonds is 2. The summed E-state index contributed by atoms with van der Waals surface area (Å²) in [5.74, 6) is 0.938. The van der Waals surface area contributed by atoms with Crippen LogP contribution in [0.15, 0.2) is 27.7 Å². The SMILES string of the molecule is CC(C)C(N)=Nc1ccc(I)cc1Br. The van der Waals surface area contributed by atoms with Gasteiger partial charge in [-0.2, -0.15) is 0 Å². The van der Waals surface area contributed by atoms with E-state index in [0.717, 1.165) is 10.2 Å². The summed E-state index contributed by atoms with van der Waals surface area (Å²) in [7, 11) is 0. The third kappa shape index (κ3) is 3.24.